The summed E-state index contributed by atoms with van der Waals surface area (Å²) in [5.74, 6) is -10.2. The number of nitrogens with zero attached hydrogens (tertiary/aromatic N) is 2. The smallest absolute Gasteiger partial charge is 0.463 e. The van der Waals surface area contributed by atoms with Crippen molar-refractivity contribution in [1.29, 1.82) is 0 Å². The van der Waals surface area contributed by atoms with E-state index >= 15 is 0 Å². The van der Waals surface area contributed by atoms with Crippen LogP contribution in [-0.2, 0) is 16.6 Å². The van der Waals surface area contributed by atoms with Crippen molar-refractivity contribution in [3.8, 4) is 0 Å². The van der Waals surface area contributed by atoms with Crippen molar-refractivity contribution in [2.45, 2.75) is 18.1 Å². The fourth-order valence-electron chi connectivity index (χ4n) is 1.23. The molecule has 112 valence electrons. The molecule has 0 aromatic carbocycles. The minimum Gasteiger partial charge on any atom is -0.479 e. The first-order chi connectivity index (χ1) is 8.96. The first-order valence-electron chi connectivity index (χ1n) is 4.93. The van der Waals surface area contributed by atoms with Crippen LogP contribution in [0, 0.1) is 0 Å². The quantitative estimate of drug-likeness (QED) is 0.808. The van der Waals surface area contributed by atoms with Crippen molar-refractivity contribution in [1.82, 2.24) is 15.1 Å². The molecule has 1 amide bonds. The average molecular weight is 301 g/mol. The normalized spacial score (nSPS) is 13.9. The van der Waals surface area contributed by atoms with Crippen LogP contribution in [0.3, 0.4) is 0 Å². The van der Waals surface area contributed by atoms with Gasteiger partial charge in [0.05, 0.1) is 6.20 Å². The highest BCUT2D eigenvalue weighted by Crippen LogP contribution is 2.36. The van der Waals surface area contributed by atoms with Crippen LogP contribution in [0.1, 0.15) is 11.6 Å². The molecule has 0 aliphatic rings. The third-order valence-electron chi connectivity index (χ3n) is 2.22. The molecule has 1 unspecified atom stereocenters. The van der Waals surface area contributed by atoms with Gasteiger partial charge in [0.25, 0.3) is 0 Å². The Balaban J connectivity index is 2.99. The number of carboxylic acids is 1. The maximum absolute atomic E-state index is 12.7. The molecular weight excluding hydrogens is 293 g/mol. The van der Waals surface area contributed by atoms with Gasteiger partial charge in [0.15, 0.2) is 6.04 Å². The second-order valence-corrected chi connectivity index (χ2v) is 3.76. The first-order valence-corrected chi connectivity index (χ1v) is 4.93. The van der Waals surface area contributed by atoms with E-state index in [2.05, 4.69) is 5.10 Å². The average Bonchev–Trinajstić information content (AvgIpc) is 2.69. The predicted molar refractivity (Wildman–Crippen MR) is 52.7 cm³/mol. The molecular formula is C9H8F5N3O3. The molecule has 0 spiro atoms. The number of hydrogen-bond donors (Lipinski definition) is 2. The summed E-state index contributed by atoms with van der Waals surface area (Å²) in [7, 11) is 1.37. The summed E-state index contributed by atoms with van der Waals surface area (Å²) < 4.78 is 62.4. The standard InChI is InChI=1S/C9H8F5N3O3/c1-17-3-4(2-15-17)5(6(18)19)16-7(20)8(10,11)9(12,13)14/h2-3,5H,1H3,(H,16,20)(H,18,19). The van der Waals surface area contributed by atoms with Gasteiger partial charge in [-0.25, -0.2) is 4.79 Å². The van der Waals surface area contributed by atoms with Crippen molar-refractivity contribution >= 4 is 11.9 Å². The molecule has 1 aromatic rings. The van der Waals surface area contributed by atoms with Crippen LogP contribution in [0.15, 0.2) is 12.4 Å². The Labute approximate surface area is 108 Å². The first kappa shape index (κ1) is 15.9. The molecule has 6 nitrogen and oxygen atoms in total. The summed E-state index contributed by atoms with van der Waals surface area (Å²) in [6.45, 7) is 0. The summed E-state index contributed by atoms with van der Waals surface area (Å²) in [5.41, 5.74) is -0.244. The molecule has 0 aliphatic heterocycles. The third-order valence-corrected chi connectivity index (χ3v) is 2.22. The maximum atomic E-state index is 12.7. The number of aliphatic carboxylic acids is 1. The van der Waals surface area contributed by atoms with Crippen LogP contribution in [0.2, 0.25) is 0 Å². The highest BCUT2D eigenvalue weighted by atomic mass is 19.4. The van der Waals surface area contributed by atoms with Crippen molar-refractivity contribution in [2.24, 2.45) is 7.05 Å². The number of carbonyl (C=O) groups is 2. The number of alkyl halides is 5. The topological polar surface area (TPSA) is 84.2 Å². The van der Waals surface area contributed by atoms with Gasteiger partial charge in [0.1, 0.15) is 0 Å². The Bertz CT molecular complexity index is 525. The molecule has 0 fully saturated rings. The van der Waals surface area contributed by atoms with E-state index in [1.807, 2.05) is 0 Å². The summed E-state index contributed by atoms with van der Waals surface area (Å²) in [6.07, 6.45) is -4.13. The zero-order chi connectivity index (χ0) is 15.7. The fraction of sp³-hybridized carbons (Fsp3) is 0.444. The van der Waals surface area contributed by atoms with E-state index in [0.717, 1.165) is 22.4 Å². The number of rotatable bonds is 4. The van der Waals surface area contributed by atoms with Crippen LogP contribution >= 0.6 is 0 Å². The molecule has 1 heterocycles. The van der Waals surface area contributed by atoms with Gasteiger partial charge in [-0.3, -0.25) is 9.48 Å². The molecule has 1 aromatic heterocycles. The number of aromatic nitrogens is 2. The predicted octanol–water partition coefficient (Wildman–Crippen LogP) is 0.860. The molecule has 1 rings (SSSR count). The van der Waals surface area contributed by atoms with E-state index in [9.17, 15) is 31.5 Å². The molecule has 1 atom stereocenters. The largest absolute Gasteiger partial charge is 0.479 e. The SMILES string of the molecule is Cn1cc(C(NC(=O)C(F)(F)C(F)(F)F)C(=O)O)cn1. The van der Waals surface area contributed by atoms with Gasteiger partial charge in [-0.05, 0) is 0 Å². The summed E-state index contributed by atoms with van der Waals surface area (Å²) in [5, 5.41) is 13.4. The minimum absolute atomic E-state index is 0.244. The lowest BCUT2D eigenvalue weighted by Gasteiger charge is -2.21. The highest BCUT2D eigenvalue weighted by Gasteiger charge is 2.63. The number of halogens is 5. The lowest BCUT2D eigenvalue weighted by molar-refractivity contribution is -0.270. The zero-order valence-corrected chi connectivity index (χ0v) is 9.78. The molecule has 11 heteroatoms. The maximum Gasteiger partial charge on any atom is 0.463 e. The second kappa shape index (κ2) is 5.06. The number of hydrogen-bond acceptors (Lipinski definition) is 3. The van der Waals surface area contributed by atoms with Crippen LogP contribution in [0.5, 0.6) is 0 Å². The van der Waals surface area contributed by atoms with Gasteiger partial charge in [0.2, 0.25) is 0 Å². The Morgan fingerprint density at radius 1 is 1.35 bits per heavy atom. The van der Waals surface area contributed by atoms with E-state index in [0.29, 0.717) is 0 Å². The van der Waals surface area contributed by atoms with E-state index in [1.54, 1.807) is 0 Å². The minimum atomic E-state index is -6.12. The molecule has 20 heavy (non-hydrogen) atoms. The number of aryl methyl sites for hydroxylation is 1. The van der Waals surface area contributed by atoms with Crippen molar-refractivity contribution in [2.75, 3.05) is 0 Å². The van der Waals surface area contributed by atoms with Gasteiger partial charge >= 0.3 is 24.0 Å². The van der Waals surface area contributed by atoms with Crippen LogP contribution in [0.4, 0.5) is 22.0 Å². The molecule has 0 aliphatic carbocycles. The van der Waals surface area contributed by atoms with Crippen LogP contribution < -0.4 is 5.32 Å². The number of carbonyl (C=O) groups excluding carboxylic acids is 1. The van der Waals surface area contributed by atoms with Crippen molar-refractivity contribution < 1.29 is 36.6 Å². The third kappa shape index (κ3) is 3.03. The lowest BCUT2D eigenvalue weighted by Crippen LogP contribution is -2.52. The monoisotopic (exact) mass is 301 g/mol. The fourth-order valence-corrected chi connectivity index (χ4v) is 1.23. The summed E-state index contributed by atoms with van der Waals surface area (Å²) >= 11 is 0. The van der Waals surface area contributed by atoms with Gasteiger partial charge in [-0.2, -0.15) is 27.1 Å². The van der Waals surface area contributed by atoms with E-state index in [-0.39, 0.29) is 5.56 Å². The molecule has 0 bridgehead atoms. The van der Waals surface area contributed by atoms with E-state index in [1.165, 1.54) is 7.05 Å². The van der Waals surface area contributed by atoms with Gasteiger partial charge in [0, 0.05) is 18.8 Å². The summed E-state index contributed by atoms with van der Waals surface area (Å²) in [6, 6.07) is -2.07. The number of nitrogens with one attached hydrogen (secondary N) is 1. The van der Waals surface area contributed by atoms with E-state index < -0.39 is 30.0 Å². The molecule has 0 saturated heterocycles. The molecule has 0 saturated carbocycles. The molecule has 0 radical (unpaired) electrons. The summed E-state index contributed by atoms with van der Waals surface area (Å²) in [4.78, 5) is 21.8. The van der Waals surface area contributed by atoms with Crippen molar-refractivity contribution in [3.63, 3.8) is 0 Å². The zero-order valence-electron chi connectivity index (χ0n) is 9.78. The van der Waals surface area contributed by atoms with Gasteiger partial charge < -0.3 is 10.4 Å². The lowest BCUT2D eigenvalue weighted by atomic mass is 10.1. The van der Waals surface area contributed by atoms with Gasteiger partial charge in [-0.1, -0.05) is 0 Å². The van der Waals surface area contributed by atoms with Crippen molar-refractivity contribution in [3.05, 3.63) is 18.0 Å². The Morgan fingerprint density at radius 3 is 2.25 bits per heavy atom. The van der Waals surface area contributed by atoms with Crippen LogP contribution in [0.25, 0.3) is 0 Å². The van der Waals surface area contributed by atoms with Gasteiger partial charge in [-0.15, -0.1) is 0 Å². The Hall–Kier alpha value is -2.20. The Kier molecular flexibility index (Phi) is 4.01. The number of carboxylic acid groups (broad SMARTS) is 1. The number of amides is 1. The second-order valence-electron chi connectivity index (χ2n) is 3.76. The van der Waals surface area contributed by atoms with E-state index in [4.69, 9.17) is 5.11 Å². The van der Waals surface area contributed by atoms with Crippen LogP contribution in [-0.4, -0.2) is 38.9 Å². The highest BCUT2D eigenvalue weighted by molar-refractivity contribution is 5.89. The Morgan fingerprint density at radius 2 is 1.90 bits per heavy atom. The molecule has 2 N–H and O–H groups in total.